The Hall–Kier alpha value is 0.0300. The van der Waals surface area contributed by atoms with Gasteiger partial charge in [-0.2, -0.15) is 0 Å². The topological polar surface area (TPSA) is 74.2 Å². The lowest BCUT2D eigenvalue weighted by Crippen LogP contribution is -2.15. The molecule has 0 bridgehead atoms. The van der Waals surface area contributed by atoms with E-state index in [2.05, 4.69) is 13.8 Å². The third kappa shape index (κ3) is 6.48. The molecule has 0 saturated carbocycles. The number of ether oxygens (including phenoxy) is 2. The van der Waals surface area contributed by atoms with Crippen molar-refractivity contribution in [1.82, 2.24) is 0 Å². The highest BCUT2D eigenvalue weighted by atomic mass is 31.2. The van der Waals surface area contributed by atoms with Gasteiger partial charge in [-0.3, -0.25) is 9.05 Å². The van der Waals surface area contributed by atoms with Gasteiger partial charge in [-0.05, 0) is 20.8 Å². The van der Waals surface area contributed by atoms with Crippen LogP contribution in [-0.2, 0) is 23.1 Å². The first-order chi connectivity index (χ1) is 6.41. The molecule has 0 aliphatic rings. The van der Waals surface area contributed by atoms with E-state index in [0.29, 0.717) is 6.61 Å². The molecule has 3 unspecified atom stereocenters. The van der Waals surface area contributed by atoms with E-state index in [4.69, 9.17) is 9.63 Å². The molecule has 0 aromatic heterocycles. The van der Waals surface area contributed by atoms with Gasteiger partial charge in [0.15, 0.2) is 12.6 Å². The van der Waals surface area contributed by atoms with Crippen molar-refractivity contribution in [2.75, 3.05) is 13.7 Å². The van der Waals surface area contributed by atoms with Gasteiger partial charge in [0.1, 0.15) is 0 Å². The van der Waals surface area contributed by atoms with Crippen LogP contribution >= 0.6 is 7.82 Å². The zero-order valence-corrected chi connectivity index (χ0v) is 9.69. The summed E-state index contributed by atoms with van der Waals surface area (Å²) in [5, 5.41) is 0. The number of rotatable bonds is 7. The van der Waals surface area contributed by atoms with Crippen molar-refractivity contribution in [3.63, 3.8) is 0 Å². The zero-order valence-electron chi connectivity index (χ0n) is 8.80. The summed E-state index contributed by atoms with van der Waals surface area (Å²) < 4.78 is 30.0. The van der Waals surface area contributed by atoms with Gasteiger partial charge >= 0.3 is 7.82 Å². The molecule has 0 aliphatic carbocycles. The average molecular weight is 228 g/mol. The largest absolute Gasteiger partial charge is 0.476 e. The van der Waals surface area contributed by atoms with Gasteiger partial charge in [0.25, 0.3) is 0 Å². The van der Waals surface area contributed by atoms with Gasteiger partial charge in [-0.15, -0.1) is 0 Å². The monoisotopic (exact) mass is 228 g/mol. The lowest BCUT2D eigenvalue weighted by Gasteiger charge is -2.19. The second-order valence-corrected chi connectivity index (χ2v) is 3.86. The highest BCUT2D eigenvalue weighted by Gasteiger charge is 2.27. The molecule has 0 radical (unpaired) electrons. The van der Waals surface area contributed by atoms with Crippen molar-refractivity contribution in [2.45, 2.75) is 33.4 Å². The van der Waals surface area contributed by atoms with E-state index in [0.717, 1.165) is 0 Å². The highest BCUT2D eigenvalue weighted by Crippen LogP contribution is 2.45. The molecule has 0 aromatic rings. The molecule has 1 N–H and O–H groups in total. The molecule has 0 aliphatic heterocycles. The second-order valence-electron chi connectivity index (χ2n) is 2.51. The first-order valence-electron chi connectivity index (χ1n) is 4.25. The predicted octanol–water partition coefficient (Wildman–Crippen LogP) is 1.49. The van der Waals surface area contributed by atoms with E-state index < -0.39 is 20.4 Å². The number of phosphoric ester groups is 1. The molecule has 6 nitrogen and oxygen atoms in total. The summed E-state index contributed by atoms with van der Waals surface area (Å²) in [4.78, 5) is 9.16. The van der Waals surface area contributed by atoms with Gasteiger partial charge in [-0.25, -0.2) is 4.57 Å². The Morgan fingerprint density at radius 2 is 1.79 bits per heavy atom. The molecule has 0 amide bonds. The summed E-state index contributed by atoms with van der Waals surface area (Å²) in [6.45, 7) is 5.13. The van der Waals surface area contributed by atoms with Crippen molar-refractivity contribution >= 4 is 7.82 Å². The molecular formula is C7H17O6P. The molecule has 0 aromatic carbocycles. The minimum Gasteiger partial charge on any atom is -0.356 e. The molecule has 14 heavy (non-hydrogen) atoms. The number of methoxy groups -OCH3 is 1. The Balaban J connectivity index is 4.00. The summed E-state index contributed by atoms with van der Waals surface area (Å²) >= 11 is 0. The van der Waals surface area contributed by atoms with Gasteiger partial charge in [0, 0.05) is 13.7 Å². The maximum Gasteiger partial charge on any atom is 0.476 e. The standard InChI is InChI=1S/C7H17O6P/c1-5-11-7(3)13-14(8,9)12-6(2)10-4/h6-7H,5H2,1-4H3,(H,8,9). The normalized spacial score (nSPS) is 20.1. The summed E-state index contributed by atoms with van der Waals surface area (Å²) in [5.41, 5.74) is 0. The number of hydrogen-bond donors (Lipinski definition) is 1. The summed E-state index contributed by atoms with van der Waals surface area (Å²) in [5.74, 6) is 0. The first kappa shape index (κ1) is 14.0. The molecule has 0 fully saturated rings. The van der Waals surface area contributed by atoms with Crippen LogP contribution in [0.25, 0.3) is 0 Å². The van der Waals surface area contributed by atoms with Crippen LogP contribution in [0, 0.1) is 0 Å². The molecule has 0 spiro atoms. The van der Waals surface area contributed by atoms with Crippen LogP contribution in [0.2, 0.25) is 0 Å². The summed E-state index contributed by atoms with van der Waals surface area (Å²) in [7, 11) is -2.74. The van der Waals surface area contributed by atoms with Crippen LogP contribution < -0.4 is 0 Å². The van der Waals surface area contributed by atoms with Gasteiger partial charge in [0.05, 0.1) is 0 Å². The van der Waals surface area contributed by atoms with Gasteiger partial charge in [-0.1, -0.05) is 0 Å². The number of hydrogen-bond acceptors (Lipinski definition) is 5. The summed E-state index contributed by atoms with van der Waals surface area (Å²) in [6.07, 6.45) is -1.60. The third-order valence-corrected chi connectivity index (χ3v) is 2.42. The lowest BCUT2D eigenvalue weighted by molar-refractivity contribution is -0.106. The average Bonchev–Trinajstić information content (AvgIpc) is 2.02. The Labute approximate surface area is 83.7 Å². The maximum absolute atomic E-state index is 11.2. The van der Waals surface area contributed by atoms with Crippen LogP contribution in [0.15, 0.2) is 0 Å². The van der Waals surface area contributed by atoms with Crippen molar-refractivity contribution in [1.29, 1.82) is 0 Å². The van der Waals surface area contributed by atoms with Crippen LogP contribution in [0.1, 0.15) is 20.8 Å². The molecule has 0 heterocycles. The van der Waals surface area contributed by atoms with Crippen molar-refractivity contribution in [3.05, 3.63) is 0 Å². The summed E-state index contributed by atoms with van der Waals surface area (Å²) in [6, 6.07) is 0. The van der Waals surface area contributed by atoms with E-state index in [1.807, 2.05) is 0 Å². The smallest absolute Gasteiger partial charge is 0.356 e. The van der Waals surface area contributed by atoms with Crippen LogP contribution in [0.4, 0.5) is 0 Å². The van der Waals surface area contributed by atoms with Crippen molar-refractivity contribution in [3.8, 4) is 0 Å². The van der Waals surface area contributed by atoms with Crippen LogP contribution in [-0.4, -0.2) is 31.2 Å². The van der Waals surface area contributed by atoms with Gasteiger partial charge < -0.3 is 14.4 Å². The van der Waals surface area contributed by atoms with E-state index >= 15 is 0 Å². The third-order valence-electron chi connectivity index (χ3n) is 1.30. The Bertz CT molecular complexity index is 197. The first-order valence-corrected chi connectivity index (χ1v) is 5.74. The fraction of sp³-hybridized carbons (Fsp3) is 1.00. The molecule has 86 valence electrons. The Morgan fingerprint density at radius 3 is 2.21 bits per heavy atom. The van der Waals surface area contributed by atoms with Crippen LogP contribution in [0.5, 0.6) is 0 Å². The van der Waals surface area contributed by atoms with Crippen molar-refractivity contribution < 1.29 is 28.0 Å². The SMILES string of the molecule is CCOC(C)OP(=O)(O)OC(C)OC. The van der Waals surface area contributed by atoms with Crippen molar-refractivity contribution in [2.24, 2.45) is 0 Å². The van der Waals surface area contributed by atoms with Gasteiger partial charge in [0.2, 0.25) is 0 Å². The molecular weight excluding hydrogens is 211 g/mol. The predicted molar refractivity (Wildman–Crippen MR) is 49.6 cm³/mol. The van der Waals surface area contributed by atoms with E-state index in [-0.39, 0.29) is 0 Å². The van der Waals surface area contributed by atoms with E-state index in [1.165, 1.54) is 21.0 Å². The Morgan fingerprint density at radius 1 is 1.29 bits per heavy atom. The van der Waals surface area contributed by atoms with E-state index in [9.17, 15) is 4.57 Å². The maximum atomic E-state index is 11.2. The minimum absolute atomic E-state index is 0.390. The number of phosphoric acid groups is 1. The fourth-order valence-electron chi connectivity index (χ4n) is 0.708. The molecule has 0 rings (SSSR count). The quantitative estimate of drug-likeness (QED) is 0.525. The molecule has 7 heteroatoms. The molecule has 3 atom stereocenters. The van der Waals surface area contributed by atoms with E-state index in [1.54, 1.807) is 6.92 Å². The minimum atomic E-state index is -4.10. The molecule has 0 saturated heterocycles. The fourth-order valence-corrected chi connectivity index (χ4v) is 1.66. The second kappa shape index (κ2) is 6.50. The highest BCUT2D eigenvalue weighted by molar-refractivity contribution is 7.47. The van der Waals surface area contributed by atoms with Crippen LogP contribution in [0.3, 0.4) is 0 Å². The zero-order chi connectivity index (χ0) is 11.2. The lowest BCUT2D eigenvalue weighted by atomic mass is 10.7. The Kier molecular flexibility index (Phi) is 6.52.